The van der Waals surface area contributed by atoms with Crippen LogP contribution in [0.25, 0.3) is 21.9 Å². The van der Waals surface area contributed by atoms with Gasteiger partial charge < -0.3 is 4.42 Å². The van der Waals surface area contributed by atoms with E-state index in [0.29, 0.717) is 0 Å². The highest BCUT2D eigenvalue weighted by Gasteiger charge is 2.11. The van der Waals surface area contributed by atoms with Crippen molar-refractivity contribution < 1.29 is 4.42 Å². The fourth-order valence-electron chi connectivity index (χ4n) is 3.70. The van der Waals surface area contributed by atoms with E-state index in [-0.39, 0.29) is 0 Å². The summed E-state index contributed by atoms with van der Waals surface area (Å²) in [6, 6.07) is 28.5. The molecule has 0 aliphatic carbocycles. The van der Waals surface area contributed by atoms with Crippen molar-refractivity contribution >= 4 is 45.7 Å². The third-order valence-electron chi connectivity index (χ3n) is 5.46. The Kier molecular flexibility index (Phi) is 4.93. The first-order valence-corrected chi connectivity index (χ1v) is 10.3. The molecule has 0 aliphatic heterocycles. The lowest BCUT2D eigenvalue weighted by atomic mass is 10.0. The lowest BCUT2D eigenvalue weighted by Gasteiger charge is -2.02. The number of nitrogens with zero attached hydrogens (tertiary/aromatic N) is 2. The van der Waals surface area contributed by atoms with E-state index in [2.05, 4.69) is 48.1 Å². The van der Waals surface area contributed by atoms with Gasteiger partial charge in [0.25, 0.3) is 0 Å². The number of hydrogen-bond acceptors (Lipinski definition) is 3. The summed E-state index contributed by atoms with van der Waals surface area (Å²) in [5, 5.41) is 2.17. The van der Waals surface area contributed by atoms with Crippen LogP contribution in [-0.4, -0.2) is 12.4 Å². The van der Waals surface area contributed by atoms with Gasteiger partial charge >= 0.3 is 0 Å². The summed E-state index contributed by atoms with van der Waals surface area (Å²) in [6.07, 6.45) is 3.85. The van der Waals surface area contributed by atoms with E-state index in [1.807, 2.05) is 73.1 Å². The number of rotatable bonds is 4. The Balaban J connectivity index is 1.58. The van der Waals surface area contributed by atoms with Crippen molar-refractivity contribution in [1.29, 1.82) is 0 Å². The summed E-state index contributed by atoms with van der Waals surface area (Å²) in [5.74, 6) is 0. The average Bonchev–Trinajstić information content (AvgIpc) is 3.13. The van der Waals surface area contributed by atoms with E-state index in [1.54, 1.807) is 0 Å². The molecule has 0 fully saturated rings. The minimum Gasteiger partial charge on any atom is -0.456 e. The Morgan fingerprint density at radius 2 is 1.00 bits per heavy atom. The molecule has 150 valence electrons. The predicted octanol–water partition coefficient (Wildman–Crippen LogP) is 7.70. The van der Waals surface area contributed by atoms with E-state index in [9.17, 15) is 0 Å². The fraction of sp³-hybridized carbons (Fsp3) is 0.0714. The molecule has 0 radical (unpaired) electrons. The molecule has 4 aromatic carbocycles. The normalized spacial score (nSPS) is 11.9. The molecule has 3 nitrogen and oxygen atoms in total. The molecule has 0 atom stereocenters. The van der Waals surface area contributed by atoms with Gasteiger partial charge in [-0.3, -0.25) is 9.98 Å². The Labute approximate surface area is 181 Å². The third kappa shape index (κ3) is 3.90. The Morgan fingerprint density at radius 1 is 0.581 bits per heavy atom. The molecule has 0 aliphatic rings. The van der Waals surface area contributed by atoms with Crippen molar-refractivity contribution in [3.8, 4) is 0 Å². The van der Waals surface area contributed by atoms with Gasteiger partial charge in [0, 0.05) is 23.2 Å². The summed E-state index contributed by atoms with van der Waals surface area (Å²) >= 11 is 0. The van der Waals surface area contributed by atoms with Crippen LogP contribution in [0.1, 0.15) is 22.3 Å². The van der Waals surface area contributed by atoms with Crippen molar-refractivity contribution in [2.24, 2.45) is 9.98 Å². The molecule has 1 aromatic heterocycles. The quantitative estimate of drug-likeness (QED) is 0.284. The number of benzene rings is 4. The van der Waals surface area contributed by atoms with Crippen LogP contribution >= 0.6 is 0 Å². The molecule has 1 heterocycles. The number of fused-ring (bicyclic) bond motifs is 3. The SMILES string of the molecule is Cc1cc2oc3cc(C)c(C=Nc4ccccc4)cc3c2cc1C=Nc1ccccc1. The van der Waals surface area contributed by atoms with Gasteiger partial charge in [0.2, 0.25) is 0 Å². The minimum atomic E-state index is 0.890. The standard InChI is InChI=1S/C28H22N2O/c1-19-13-27-25(15-21(19)17-29-23-9-5-3-6-10-23)26-16-22(20(2)14-28(26)31-27)18-30-24-11-7-4-8-12-24/h3-18H,1-2H3. The fourth-order valence-corrected chi connectivity index (χ4v) is 3.70. The molecule has 0 N–H and O–H groups in total. The molecule has 0 saturated carbocycles. The van der Waals surface area contributed by atoms with Gasteiger partial charge in [-0.1, -0.05) is 36.4 Å². The summed E-state index contributed by atoms with van der Waals surface area (Å²) in [4.78, 5) is 9.25. The Hall–Kier alpha value is -3.98. The number of aryl methyl sites for hydroxylation is 2. The van der Waals surface area contributed by atoms with Gasteiger partial charge in [0.1, 0.15) is 11.2 Å². The summed E-state index contributed by atoms with van der Waals surface area (Å²) < 4.78 is 6.16. The summed E-state index contributed by atoms with van der Waals surface area (Å²) in [5.41, 5.74) is 8.09. The highest BCUT2D eigenvalue weighted by molar-refractivity contribution is 6.09. The number of para-hydroxylation sites is 2. The van der Waals surface area contributed by atoms with Crippen molar-refractivity contribution in [2.45, 2.75) is 13.8 Å². The first-order chi connectivity index (χ1) is 15.2. The molecule has 31 heavy (non-hydrogen) atoms. The van der Waals surface area contributed by atoms with Crippen LogP contribution in [0.3, 0.4) is 0 Å². The van der Waals surface area contributed by atoms with Gasteiger partial charge in [-0.25, -0.2) is 0 Å². The van der Waals surface area contributed by atoms with Crippen molar-refractivity contribution in [2.75, 3.05) is 0 Å². The van der Waals surface area contributed by atoms with Gasteiger partial charge in [-0.05, 0) is 84.6 Å². The Morgan fingerprint density at radius 3 is 1.42 bits per heavy atom. The molecule has 0 unspecified atom stereocenters. The molecule has 0 amide bonds. The van der Waals surface area contributed by atoms with Gasteiger partial charge in [-0.2, -0.15) is 0 Å². The van der Waals surface area contributed by atoms with E-state index < -0.39 is 0 Å². The van der Waals surface area contributed by atoms with Crippen LogP contribution in [0.2, 0.25) is 0 Å². The number of furan rings is 1. The maximum Gasteiger partial charge on any atom is 0.135 e. The molecule has 0 spiro atoms. The van der Waals surface area contributed by atoms with E-state index in [0.717, 1.165) is 55.6 Å². The zero-order chi connectivity index (χ0) is 21.2. The molecule has 0 bridgehead atoms. The molecule has 0 saturated heterocycles. The van der Waals surface area contributed by atoms with E-state index >= 15 is 0 Å². The monoisotopic (exact) mass is 402 g/mol. The summed E-state index contributed by atoms with van der Waals surface area (Å²) in [7, 11) is 0. The van der Waals surface area contributed by atoms with Crippen LogP contribution in [0, 0.1) is 13.8 Å². The van der Waals surface area contributed by atoms with Crippen molar-refractivity contribution in [3.63, 3.8) is 0 Å². The van der Waals surface area contributed by atoms with Gasteiger partial charge in [0.05, 0.1) is 11.4 Å². The summed E-state index contributed by atoms with van der Waals surface area (Å²) in [6.45, 7) is 4.17. The van der Waals surface area contributed by atoms with E-state index in [1.165, 1.54) is 0 Å². The van der Waals surface area contributed by atoms with Crippen LogP contribution in [0.15, 0.2) is 99.3 Å². The number of aliphatic imine (C=N–C) groups is 2. The minimum absolute atomic E-state index is 0.890. The maximum absolute atomic E-state index is 6.16. The van der Waals surface area contributed by atoms with Gasteiger partial charge in [-0.15, -0.1) is 0 Å². The topological polar surface area (TPSA) is 37.9 Å². The van der Waals surface area contributed by atoms with Crippen molar-refractivity contribution in [3.05, 3.63) is 107 Å². The second-order valence-electron chi connectivity index (χ2n) is 7.70. The lowest BCUT2D eigenvalue weighted by molar-refractivity contribution is 0.668. The van der Waals surface area contributed by atoms with Crippen LogP contribution in [0.5, 0.6) is 0 Å². The zero-order valence-electron chi connectivity index (χ0n) is 17.5. The molecular weight excluding hydrogens is 380 g/mol. The average molecular weight is 402 g/mol. The van der Waals surface area contributed by atoms with Crippen LogP contribution < -0.4 is 0 Å². The molecular formula is C28H22N2O. The largest absolute Gasteiger partial charge is 0.456 e. The third-order valence-corrected chi connectivity index (χ3v) is 5.46. The molecule has 5 aromatic rings. The second kappa shape index (κ2) is 8.04. The predicted molar refractivity (Wildman–Crippen MR) is 131 cm³/mol. The van der Waals surface area contributed by atoms with Crippen LogP contribution in [0.4, 0.5) is 11.4 Å². The zero-order valence-corrected chi connectivity index (χ0v) is 17.5. The molecule has 3 heteroatoms. The van der Waals surface area contributed by atoms with Gasteiger partial charge in [0.15, 0.2) is 0 Å². The lowest BCUT2D eigenvalue weighted by Crippen LogP contribution is -1.88. The second-order valence-corrected chi connectivity index (χ2v) is 7.70. The first-order valence-electron chi connectivity index (χ1n) is 10.3. The maximum atomic E-state index is 6.16. The first kappa shape index (κ1) is 19.0. The van der Waals surface area contributed by atoms with Crippen LogP contribution in [-0.2, 0) is 0 Å². The number of hydrogen-bond donors (Lipinski definition) is 0. The van der Waals surface area contributed by atoms with Crippen molar-refractivity contribution in [1.82, 2.24) is 0 Å². The highest BCUT2D eigenvalue weighted by Crippen LogP contribution is 2.32. The Bertz CT molecular complexity index is 1320. The van der Waals surface area contributed by atoms with E-state index in [4.69, 9.17) is 4.42 Å². The molecule has 5 rings (SSSR count). The highest BCUT2D eigenvalue weighted by atomic mass is 16.3. The smallest absolute Gasteiger partial charge is 0.135 e.